The summed E-state index contributed by atoms with van der Waals surface area (Å²) in [5.74, 6) is 0.817. The number of hydrogen-bond acceptors (Lipinski definition) is 2. The van der Waals surface area contributed by atoms with Crippen LogP contribution >= 0.6 is 11.6 Å². The number of nitrogens with one attached hydrogen (secondary N) is 1. The minimum Gasteiger partial charge on any atom is -0.342 e. The molecule has 1 atom stereocenters. The first-order valence-electron chi connectivity index (χ1n) is 6.84. The Morgan fingerprint density at radius 1 is 1.24 bits per heavy atom. The summed E-state index contributed by atoms with van der Waals surface area (Å²) in [6, 6.07) is 15.6. The summed E-state index contributed by atoms with van der Waals surface area (Å²) in [6.45, 7) is 1.68. The molecule has 2 aromatic carbocycles. The molecule has 1 aromatic heterocycles. The Bertz CT molecular complexity index is 778. The molecule has 0 radical (unpaired) electrons. The van der Waals surface area contributed by atoms with Crippen molar-refractivity contribution < 1.29 is 4.79 Å². The van der Waals surface area contributed by atoms with E-state index in [1.54, 1.807) is 13.0 Å². The number of H-pyrrole nitrogens is 1. The molecule has 1 heterocycles. The highest BCUT2D eigenvalue weighted by atomic mass is 35.5. The molecule has 0 saturated heterocycles. The van der Waals surface area contributed by atoms with Gasteiger partial charge < -0.3 is 4.98 Å². The number of benzene rings is 2. The van der Waals surface area contributed by atoms with Crippen molar-refractivity contribution in [3.8, 4) is 0 Å². The van der Waals surface area contributed by atoms with Crippen molar-refractivity contribution in [2.24, 2.45) is 0 Å². The first kappa shape index (κ1) is 13.8. The summed E-state index contributed by atoms with van der Waals surface area (Å²) in [5, 5.41) is -0.519. The summed E-state index contributed by atoms with van der Waals surface area (Å²) in [5.41, 5.74) is 3.53. The molecule has 0 amide bonds. The molecule has 1 unspecified atom stereocenters. The van der Waals surface area contributed by atoms with Crippen LogP contribution < -0.4 is 0 Å². The average Bonchev–Trinajstić information content (AvgIpc) is 2.88. The molecule has 106 valence electrons. The van der Waals surface area contributed by atoms with Gasteiger partial charge in [0.05, 0.1) is 16.4 Å². The van der Waals surface area contributed by atoms with Gasteiger partial charge in [-0.05, 0) is 30.7 Å². The standard InChI is InChI=1S/C17H15ClN2O/c1-11(18)17(21)13-7-8-14-15(10-13)20-16(19-14)9-12-5-3-2-4-6-12/h2-8,10-11H,9H2,1H3,(H,19,20). The molecule has 3 aromatic rings. The average molecular weight is 299 g/mol. The van der Waals surface area contributed by atoms with Gasteiger partial charge in [-0.15, -0.1) is 11.6 Å². The van der Waals surface area contributed by atoms with Gasteiger partial charge in [0, 0.05) is 12.0 Å². The minimum atomic E-state index is -0.519. The van der Waals surface area contributed by atoms with Gasteiger partial charge in [-0.25, -0.2) is 4.98 Å². The lowest BCUT2D eigenvalue weighted by Gasteiger charge is -2.01. The molecule has 3 rings (SSSR count). The molecule has 3 nitrogen and oxygen atoms in total. The Morgan fingerprint density at radius 2 is 2.00 bits per heavy atom. The number of carbonyl (C=O) groups excluding carboxylic acids is 1. The lowest BCUT2D eigenvalue weighted by Crippen LogP contribution is -2.10. The lowest BCUT2D eigenvalue weighted by molar-refractivity contribution is 0.0992. The zero-order chi connectivity index (χ0) is 14.8. The monoisotopic (exact) mass is 298 g/mol. The van der Waals surface area contributed by atoms with E-state index in [4.69, 9.17) is 11.6 Å². The van der Waals surface area contributed by atoms with E-state index in [1.165, 1.54) is 5.56 Å². The number of imidazole rings is 1. The Labute approximate surface area is 128 Å². The van der Waals surface area contributed by atoms with Gasteiger partial charge in [0.1, 0.15) is 5.82 Å². The van der Waals surface area contributed by atoms with Crippen molar-refractivity contribution in [3.63, 3.8) is 0 Å². The van der Waals surface area contributed by atoms with Crippen molar-refractivity contribution in [1.82, 2.24) is 9.97 Å². The number of aromatic nitrogens is 2. The number of Topliss-reactive ketones (excluding diaryl/α,β-unsaturated/α-hetero) is 1. The quantitative estimate of drug-likeness (QED) is 0.585. The van der Waals surface area contributed by atoms with Crippen LogP contribution in [0.5, 0.6) is 0 Å². The summed E-state index contributed by atoms with van der Waals surface area (Å²) in [4.78, 5) is 19.7. The van der Waals surface area contributed by atoms with Crippen LogP contribution in [-0.2, 0) is 6.42 Å². The Kier molecular flexibility index (Phi) is 3.76. The van der Waals surface area contributed by atoms with Crippen molar-refractivity contribution in [1.29, 1.82) is 0 Å². The predicted octanol–water partition coefficient (Wildman–Crippen LogP) is 3.96. The topological polar surface area (TPSA) is 45.8 Å². The minimum absolute atomic E-state index is 0.0715. The molecule has 0 aliphatic rings. The van der Waals surface area contributed by atoms with Crippen molar-refractivity contribution in [3.05, 3.63) is 65.5 Å². The fourth-order valence-electron chi connectivity index (χ4n) is 2.32. The number of hydrogen-bond donors (Lipinski definition) is 1. The number of rotatable bonds is 4. The molecule has 0 fully saturated rings. The Hall–Kier alpha value is -2.13. The van der Waals surface area contributed by atoms with Gasteiger partial charge in [-0.1, -0.05) is 30.3 Å². The van der Waals surface area contributed by atoms with E-state index in [0.29, 0.717) is 5.56 Å². The SMILES string of the molecule is CC(Cl)C(=O)c1ccc2nc(Cc3ccccc3)[nH]c2c1. The lowest BCUT2D eigenvalue weighted by atomic mass is 10.1. The van der Waals surface area contributed by atoms with Crippen LogP contribution in [0.4, 0.5) is 0 Å². The fraction of sp³-hybridized carbons (Fsp3) is 0.176. The molecule has 21 heavy (non-hydrogen) atoms. The van der Waals surface area contributed by atoms with Crippen molar-refractivity contribution in [2.75, 3.05) is 0 Å². The fourth-order valence-corrected chi connectivity index (χ4v) is 2.44. The van der Waals surface area contributed by atoms with Crippen LogP contribution in [0, 0.1) is 0 Å². The molecule has 1 N–H and O–H groups in total. The number of fused-ring (bicyclic) bond motifs is 1. The van der Waals surface area contributed by atoms with Gasteiger partial charge >= 0.3 is 0 Å². The molecule has 0 spiro atoms. The van der Waals surface area contributed by atoms with Crippen LogP contribution in [0.2, 0.25) is 0 Å². The maximum absolute atomic E-state index is 11.9. The number of nitrogens with zero attached hydrogens (tertiary/aromatic N) is 1. The molecular formula is C17H15ClN2O. The number of halogens is 1. The number of ketones is 1. The van der Waals surface area contributed by atoms with Gasteiger partial charge in [-0.3, -0.25) is 4.79 Å². The first-order valence-corrected chi connectivity index (χ1v) is 7.28. The second-order valence-corrected chi connectivity index (χ2v) is 5.71. The van der Waals surface area contributed by atoms with Gasteiger partial charge in [-0.2, -0.15) is 0 Å². The zero-order valence-corrected chi connectivity index (χ0v) is 12.4. The maximum atomic E-state index is 11.9. The van der Waals surface area contributed by atoms with E-state index in [1.807, 2.05) is 30.3 Å². The summed E-state index contributed by atoms with van der Waals surface area (Å²) in [6.07, 6.45) is 0.741. The Balaban J connectivity index is 1.91. The smallest absolute Gasteiger partial charge is 0.180 e. The van der Waals surface area contributed by atoms with Crippen LogP contribution in [0.1, 0.15) is 28.7 Å². The van der Waals surface area contributed by atoms with Crippen molar-refractivity contribution >= 4 is 28.4 Å². The number of alkyl halides is 1. The molecule has 0 bridgehead atoms. The van der Waals surface area contributed by atoms with Gasteiger partial charge in [0.2, 0.25) is 0 Å². The summed E-state index contributed by atoms with van der Waals surface area (Å²) >= 11 is 5.85. The van der Waals surface area contributed by atoms with Crippen LogP contribution in [0.15, 0.2) is 48.5 Å². The molecule has 0 aliphatic heterocycles. The van der Waals surface area contributed by atoms with E-state index in [2.05, 4.69) is 22.1 Å². The molecule has 0 saturated carbocycles. The normalized spacial score (nSPS) is 12.5. The highest BCUT2D eigenvalue weighted by molar-refractivity contribution is 6.33. The van der Waals surface area contributed by atoms with Gasteiger partial charge in [0.25, 0.3) is 0 Å². The number of carbonyl (C=O) groups is 1. The van der Waals surface area contributed by atoms with Crippen LogP contribution in [-0.4, -0.2) is 21.1 Å². The molecule has 0 aliphatic carbocycles. The summed E-state index contributed by atoms with van der Waals surface area (Å²) < 4.78 is 0. The van der Waals surface area contributed by atoms with Crippen LogP contribution in [0.25, 0.3) is 11.0 Å². The van der Waals surface area contributed by atoms with Crippen molar-refractivity contribution in [2.45, 2.75) is 18.7 Å². The Morgan fingerprint density at radius 3 is 2.71 bits per heavy atom. The zero-order valence-electron chi connectivity index (χ0n) is 11.6. The third-order valence-electron chi connectivity index (χ3n) is 3.39. The third kappa shape index (κ3) is 2.98. The maximum Gasteiger partial charge on any atom is 0.180 e. The van der Waals surface area contributed by atoms with E-state index < -0.39 is 5.38 Å². The largest absolute Gasteiger partial charge is 0.342 e. The van der Waals surface area contributed by atoms with E-state index >= 15 is 0 Å². The highest BCUT2D eigenvalue weighted by Gasteiger charge is 2.13. The van der Waals surface area contributed by atoms with E-state index in [-0.39, 0.29) is 5.78 Å². The van der Waals surface area contributed by atoms with Crippen LogP contribution in [0.3, 0.4) is 0 Å². The van der Waals surface area contributed by atoms with Gasteiger partial charge in [0.15, 0.2) is 5.78 Å². The summed E-state index contributed by atoms with van der Waals surface area (Å²) in [7, 11) is 0. The predicted molar refractivity (Wildman–Crippen MR) is 85.0 cm³/mol. The highest BCUT2D eigenvalue weighted by Crippen LogP contribution is 2.18. The second kappa shape index (κ2) is 5.70. The van der Waals surface area contributed by atoms with E-state index in [0.717, 1.165) is 23.3 Å². The molecule has 4 heteroatoms. The molecular weight excluding hydrogens is 284 g/mol. The van der Waals surface area contributed by atoms with E-state index in [9.17, 15) is 4.79 Å². The first-order chi connectivity index (χ1) is 10.1. The third-order valence-corrected chi connectivity index (χ3v) is 3.59. The number of aromatic amines is 1. The second-order valence-electron chi connectivity index (χ2n) is 5.06.